The van der Waals surface area contributed by atoms with Crippen LogP contribution in [0.15, 0.2) is 23.5 Å². The van der Waals surface area contributed by atoms with Crippen LogP contribution in [0.4, 0.5) is 5.82 Å². The number of aryl methyl sites for hydroxylation is 1. The number of thioether (sulfide) groups is 1. The van der Waals surface area contributed by atoms with E-state index in [4.69, 9.17) is 10.00 Å². The fourth-order valence-corrected chi connectivity index (χ4v) is 2.91. The maximum atomic E-state index is 12.1. The molecule has 0 saturated carbocycles. The minimum absolute atomic E-state index is 0.0315. The first-order valence-electron chi connectivity index (χ1n) is 7.44. The van der Waals surface area contributed by atoms with Gasteiger partial charge in [0.05, 0.1) is 30.1 Å². The summed E-state index contributed by atoms with van der Waals surface area (Å²) in [6.07, 6.45) is 1.55. The molecule has 3 aromatic rings. The molecule has 0 aliphatic rings. The number of nitriles is 1. The van der Waals surface area contributed by atoms with E-state index in [1.54, 1.807) is 13.1 Å². The molecular formula is C16H14N6O3S. The molecule has 10 heteroatoms. The molecule has 0 saturated heterocycles. The number of carbonyl (C=O) groups is 1. The van der Waals surface area contributed by atoms with Crippen LogP contribution in [0.2, 0.25) is 0 Å². The van der Waals surface area contributed by atoms with Gasteiger partial charge in [-0.25, -0.2) is 9.97 Å². The molecule has 3 rings (SSSR count). The summed E-state index contributed by atoms with van der Waals surface area (Å²) in [7, 11) is 1.37. The van der Waals surface area contributed by atoms with E-state index in [1.807, 2.05) is 6.07 Å². The summed E-state index contributed by atoms with van der Waals surface area (Å²) in [6, 6.07) is 4.87. The van der Waals surface area contributed by atoms with Gasteiger partial charge in [0.2, 0.25) is 5.91 Å². The highest BCUT2D eigenvalue weighted by atomic mass is 32.2. The molecule has 3 aromatic heterocycles. The normalized spacial score (nSPS) is 10.5. The first-order chi connectivity index (χ1) is 12.5. The molecule has 132 valence electrons. The van der Waals surface area contributed by atoms with E-state index in [0.717, 1.165) is 0 Å². The first-order valence-corrected chi connectivity index (χ1v) is 8.42. The van der Waals surface area contributed by atoms with Crippen LogP contribution in [-0.2, 0) is 4.79 Å². The number of aromatic hydroxyl groups is 1. The van der Waals surface area contributed by atoms with E-state index < -0.39 is 0 Å². The molecule has 0 bridgehead atoms. The van der Waals surface area contributed by atoms with Crippen LogP contribution in [0.1, 0.15) is 11.3 Å². The van der Waals surface area contributed by atoms with Crippen molar-refractivity contribution in [3.8, 4) is 17.7 Å². The molecule has 0 aliphatic carbocycles. The number of amides is 1. The predicted octanol–water partition coefficient (Wildman–Crippen LogP) is 1.98. The van der Waals surface area contributed by atoms with Gasteiger partial charge in [-0.2, -0.15) is 10.2 Å². The van der Waals surface area contributed by atoms with E-state index in [2.05, 4.69) is 25.3 Å². The summed E-state index contributed by atoms with van der Waals surface area (Å²) in [6.45, 7) is 1.78. The standard InChI is InChI=1S/C16H14N6O3S/c1-8-9(5-17)18-6-10-14(8)22-16(19-10)26-7-13(24)20-12-4-3-11(23)15(21-12)25-2/h3-4,6,23H,7H2,1-2H3,(H,19,22)(H,20,21,24). The lowest BCUT2D eigenvalue weighted by Crippen LogP contribution is -2.15. The molecule has 3 N–H and O–H groups in total. The quantitative estimate of drug-likeness (QED) is 0.580. The van der Waals surface area contributed by atoms with Crippen LogP contribution < -0.4 is 10.1 Å². The van der Waals surface area contributed by atoms with Crippen LogP contribution in [0.3, 0.4) is 0 Å². The van der Waals surface area contributed by atoms with Crippen molar-refractivity contribution in [2.24, 2.45) is 0 Å². The third kappa shape index (κ3) is 3.52. The number of ether oxygens (including phenoxy) is 1. The van der Waals surface area contributed by atoms with Crippen LogP contribution in [-0.4, -0.2) is 43.8 Å². The van der Waals surface area contributed by atoms with Crippen LogP contribution in [0.5, 0.6) is 11.6 Å². The van der Waals surface area contributed by atoms with E-state index in [-0.39, 0.29) is 29.1 Å². The Balaban J connectivity index is 1.67. The highest BCUT2D eigenvalue weighted by Crippen LogP contribution is 2.25. The second-order valence-corrected chi connectivity index (χ2v) is 6.17. The largest absolute Gasteiger partial charge is 0.503 e. The van der Waals surface area contributed by atoms with Crippen LogP contribution >= 0.6 is 11.8 Å². The van der Waals surface area contributed by atoms with Gasteiger partial charge in [0, 0.05) is 5.56 Å². The Labute approximate surface area is 152 Å². The van der Waals surface area contributed by atoms with Gasteiger partial charge >= 0.3 is 0 Å². The summed E-state index contributed by atoms with van der Waals surface area (Å²) >= 11 is 1.21. The third-order valence-corrected chi connectivity index (χ3v) is 4.36. The number of hydrogen-bond acceptors (Lipinski definition) is 8. The second kappa shape index (κ2) is 7.28. The Hall–Kier alpha value is -3.32. The zero-order valence-corrected chi connectivity index (χ0v) is 14.7. The Morgan fingerprint density at radius 1 is 1.46 bits per heavy atom. The Kier molecular flexibility index (Phi) is 4.90. The predicted molar refractivity (Wildman–Crippen MR) is 95.1 cm³/mol. The number of methoxy groups -OCH3 is 1. The fraction of sp³-hybridized carbons (Fsp3) is 0.188. The number of aromatic nitrogens is 4. The van der Waals surface area contributed by atoms with E-state index in [0.29, 0.717) is 27.4 Å². The Morgan fingerprint density at radius 3 is 3.00 bits per heavy atom. The lowest BCUT2D eigenvalue weighted by Gasteiger charge is -2.06. The number of pyridine rings is 2. The summed E-state index contributed by atoms with van der Waals surface area (Å²) in [4.78, 5) is 27.6. The summed E-state index contributed by atoms with van der Waals surface area (Å²) < 4.78 is 4.90. The fourth-order valence-electron chi connectivity index (χ4n) is 2.23. The Bertz CT molecular complexity index is 1030. The monoisotopic (exact) mass is 370 g/mol. The zero-order chi connectivity index (χ0) is 18.7. The van der Waals surface area contributed by atoms with Crippen molar-refractivity contribution in [1.82, 2.24) is 19.9 Å². The molecule has 0 aliphatic heterocycles. The summed E-state index contributed by atoms with van der Waals surface area (Å²) in [5.74, 6) is 0.00568. The average Bonchev–Trinajstić information content (AvgIpc) is 3.06. The van der Waals surface area contributed by atoms with Crippen molar-refractivity contribution >= 4 is 34.5 Å². The third-order valence-electron chi connectivity index (χ3n) is 3.49. The van der Waals surface area contributed by atoms with Crippen molar-refractivity contribution in [3.63, 3.8) is 0 Å². The molecule has 0 radical (unpaired) electrons. The highest BCUT2D eigenvalue weighted by molar-refractivity contribution is 7.99. The topological polar surface area (TPSA) is 137 Å². The number of carbonyl (C=O) groups excluding carboxylic acids is 1. The van der Waals surface area contributed by atoms with Gasteiger partial charge in [0.25, 0.3) is 5.88 Å². The number of imidazole rings is 1. The van der Waals surface area contributed by atoms with Gasteiger partial charge in [0.15, 0.2) is 10.9 Å². The molecular weight excluding hydrogens is 356 g/mol. The van der Waals surface area contributed by atoms with Crippen molar-refractivity contribution in [2.45, 2.75) is 12.1 Å². The molecule has 3 heterocycles. The molecule has 0 aromatic carbocycles. The number of hydrogen-bond donors (Lipinski definition) is 3. The van der Waals surface area contributed by atoms with Crippen molar-refractivity contribution in [3.05, 3.63) is 29.6 Å². The second-order valence-electron chi connectivity index (χ2n) is 5.21. The molecule has 0 fully saturated rings. The van der Waals surface area contributed by atoms with Crippen LogP contribution in [0.25, 0.3) is 11.0 Å². The molecule has 0 atom stereocenters. The van der Waals surface area contributed by atoms with Gasteiger partial charge < -0.3 is 20.1 Å². The number of fused-ring (bicyclic) bond motifs is 1. The molecule has 9 nitrogen and oxygen atoms in total. The molecule has 26 heavy (non-hydrogen) atoms. The SMILES string of the molecule is COc1nc(NC(=O)CSc2nc3c(C)c(C#N)ncc3[nH]2)ccc1O. The van der Waals surface area contributed by atoms with E-state index in [1.165, 1.54) is 31.0 Å². The maximum absolute atomic E-state index is 12.1. The number of nitrogens with one attached hydrogen (secondary N) is 2. The number of H-pyrrole nitrogens is 1. The molecule has 0 unspecified atom stereocenters. The van der Waals surface area contributed by atoms with Gasteiger partial charge in [-0.1, -0.05) is 11.8 Å². The van der Waals surface area contributed by atoms with Gasteiger partial charge in [-0.3, -0.25) is 4.79 Å². The first kappa shape index (κ1) is 17.5. The molecule has 0 spiro atoms. The number of nitrogens with zero attached hydrogens (tertiary/aromatic N) is 4. The number of rotatable bonds is 5. The van der Waals surface area contributed by atoms with Crippen molar-refractivity contribution in [1.29, 1.82) is 5.26 Å². The Morgan fingerprint density at radius 2 is 2.27 bits per heavy atom. The van der Waals surface area contributed by atoms with Gasteiger partial charge in [-0.05, 0) is 19.1 Å². The van der Waals surface area contributed by atoms with Crippen LogP contribution in [0, 0.1) is 18.3 Å². The van der Waals surface area contributed by atoms with Crippen molar-refractivity contribution < 1.29 is 14.6 Å². The lowest BCUT2D eigenvalue weighted by atomic mass is 10.2. The minimum atomic E-state index is -0.289. The van der Waals surface area contributed by atoms with Gasteiger partial charge in [0.1, 0.15) is 17.6 Å². The maximum Gasteiger partial charge on any atom is 0.258 e. The van der Waals surface area contributed by atoms with E-state index in [9.17, 15) is 9.90 Å². The minimum Gasteiger partial charge on any atom is -0.503 e. The smallest absolute Gasteiger partial charge is 0.258 e. The number of aromatic amines is 1. The average molecular weight is 370 g/mol. The van der Waals surface area contributed by atoms with Gasteiger partial charge in [-0.15, -0.1) is 0 Å². The molecule has 1 amide bonds. The number of anilines is 1. The summed E-state index contributed by atoms with van der Waals surface area (Å²) in [5, 5.41) is 21.7. The van der Waals surface area contributed by atoms with E-state index >= 15 is 0 Å². The van der Waals surface area contributed by atoms with Crippen molar-refractivity contribution in [2.75, 3.05) is 18.2 Å². The summed E-state index contributed by atoms with van der Waals surface area (Å²) in [5.41, 5.74) is 2.38. The highest BCUT2D eigenvalue weighted by Gasteiger charge is 2.12. The lowest BCUT2D eigenvalue weighted by molar-refractivity contribution is -0.113. The zero-order valence-electron chi connectivity index (χ0n) is 13.9.